The molecule has 1 N–H and O–H groups in total. The van der Waals surface area contributed by atoms with E-state index in [0.29, 0.717) is 11.3 Å². The van der Waals surface area contributed by atoms with Crippen molar-refractivity contribution >= 4 is 5.91 Å². The highest BCUT2D eigenvalue weighted by atomic mass is 19.2. The largest absolute Gasteiger partial charge is 0.348 e. The molecule has 0 unspecified atom stereocenters. The molecule has 0 fully saturated rings. The number of hydrogen-bond acceptors (Lipinski definition) is 2. The highest BCUT2D eigenvalue weighted by molar-refractivity contribution is 5.93. The molecule has 2 aromatic carbocycles. The second kappa shape index (κ2) is 9.45. The molecule has 0 spiro atoms. The second-order valence-electron chi connectivity index (χ2n) is 7.19. The topological polar surface area (TPSA) is 46.9 Å². The molecule has 0 saturated heterocycles. The predicted molar refractivity (Wildman–Crippen MR) is 110 cm³/mol. The van der Waals surface area contributed by atoms with Gasteiger partial charge in [-0.25, -0.2) is 13.8 Å². The number of hydrogen-bond donors (Lipinski definition) is 1. The van der Waals surface area contributed by atoms with Crippen molar-refractivity contribution in [3.05, 3.63) is 72.3 Å². The molecule has 0 aliphatic heterocycles. The van der Waals surface area contributed by atoms with Gasteiger partial charge in [0.2, 0.25) is 0 Å². The smallest absolute Gasteiger partial charge is 0.270 e. The van der Waals surface area contributed by atoms with E-state index in [1.54, 1.807) is 23.0 Å². The van der Waals surface area contributed by atoms with Crippen LogP contribution in [0.5, 0.6) is 0 Å². The summed E-state index contributed by atoms with van der Waals surface area (Å²) in [5, 5.41) is 3.02. The Kier molecular flexibility index (Phi) is 6.75. The molecule has 0 radical (unpaired) electrons. The van der Waals surface area contributed by atoms with Gasteiger partial charge in [0, 0.05) is 11.7 Å². The van der Waals surface area contributed by atoms with Gasteiger partial charge in [-0.15, -0.1) is 0 Å². The number of nitrogens with one attached hydrogen (secondary N) is 1. The molecule has 1 heterocycles. The minimum Gasteiger partial charge on any atom is -0.348 e. The normalized spacial score (nSPS) is 12.0. The summed E-state index contributed by atoms with van der Waals surface area (Å²) in [5.41, 5.74) is 2.55. The summed E-state index contributed by atoms with van der Waals surface area (Å²) in [6.07, 6.45) is 7.45. The Balaban J connectivity index is 1.74. The molecule has 3 rings (SSSR count). The maximum Gasteiger partial charge on any atom is 0.270 e. The van der Waals surface area contributed by atoms with Crippen LogP contribution in [0.4, 0.5) is 8.78 Å². The number of carbonyl (C=O) groups excluding carboxylic acids is 1. The number of rotatable bonds is 8. The minimum atomic E-state index is -0.881. The Morgan fingerprint density at radius 1 is 1.07 bits per heavy atom. The zero-order valence-electron chi connectivity index (χ0n) is 16.7. The van der Waals surface area contributed by atoms with Gasteiger partial charge in [-0.2, -0.15) is 0 Å². The summed E-state index contributed by atoms with van der Waals surface area (Å²) in [7, 11) is 0. The SMILES string of the molecule is CCCCC[C@H](C)NC(=O)c1cncn1-c1ccc(-c2ccc(F)c(F)c2)cc1. The molecule has 1 atom stereocenters. The average molecular weight is 397 g/mol. The molecule has 3 aromatic rings. The lowest BCUT2D eigenvalue weighted by molar-refractivity contribution is 0.0931. The first-order chi connectivity index (χ1) is 14.0. The molecular weight excluding hydrogens is 372 g/mol. The zero-order valence-corrected chi connectivity index (χ0v) is 16.7. The molecular formula is C23H25F2N3O. The molecule has 152 valence electrons. The number of aromatic nitrogens is 2. The fourth-order valence-electron chi connectivity index (χ4n) is 3.23. The third-order valence-corrected chi connectivity index (χ3v) is 4.89. The monoisotopic (exact) mass is 397 g/mol. The third kappa shape index (κ3) is 5.08. The number of carbonyl (C=O) groups is 1. The van der Waals surface area contributed by atoms with E-state index in [9.17, 15) is 13.6 Å². The van der Waals surface area contributed by atoms with Crippen molar-refractivity contribution in [1.82, 2.24) is 14.9 Å². The summed E-state index contributed by atoms with van der Waals surface area (Å²) in [6, 6.07) is 11.1. The number of amides is 1. The number of unbranched alkanes of at least 4 members (excludes halogenated alkanes) is 2. The van der Waals surface area contributed by atoms with Gasteiger partial charge in [0.25, 0.3) is 5.91 Å². The summed E-state index contributed by atoms with van der Waals surface area (Å²) in [4.78, 5) is 16.8. The molecule has 0 aliphatic rings. The first-order valence-electron chi connectivity index (χ1n) is 9.88. The van der Waals surface area contributed by atoms with Crippen molar-refractivity contribution in [2.75, 3.05) is 0 Å². The molecule has 1 aromatic heterocycles. The van der Waals surface area contributed by atoms with Crippen LogP contribution in [0.1, 0.15) is 50.0 Å². The van der Waals surface area contributed by atoms with Gasteiger partial charge in [-0.1, -0.05) is 44.4 Å². The predicted octanol–water partition coefficient (Wildman–Crippen LogP) is 5.52. The molecule has 4 nitrogen and oxygen atoms in total. The fourth-order valence-corrected chi connectivity index (χ4v) is 3.23. The van der Waals surface area contributed by atoms with E-state index in [0.717, 1.165) is 43.0 Å². The molecule has 0 bridgehead atoms. The Morgan fingerprint density at radius 2 is 1.79 bits per heavy atom. The van der Waals surface area contributed by atoms with Crippen molar-refractivity contribution in [2.24, 2.45) is 0 Å². The van der Waals surface area contributed by atoms with E-state index < -0.39 is 11.6 Å². The Bertz CT molecular complexity index is 967. The minimum absolute atomic E-state index is 0.0909. The highest BCUT2D eigenvalue weighted by Crippen LogP contribution is 2.23. The van der Waals surface area contributed by atoms with Crippen LogP contribution >= 0.6 is 0 Å². The van der Waals surface area contributed by atoms with E-state index in [2.05, 4.69) is 17.2 Å². The van der Waals surface area contributed by atoms with Gasteiger partial charge in [0.15, 0.2) is 11.6 Å². The Labute approximate surface area is 169 Å². The number of imidazole rings is 1. The van der Waals surface area contributed by atoms with Crippen LogP contribution in [0.15, 0.2) is 55.0 Å². The van der Waals surface area contributed by atoms with Gasteiger partial charge in [-0.3, -0.25) is 9.36 Å². The lowest BCUT2D eigenvalue weighted by atomic mass is 10.1. The van der Waals surface area contributed by atoms with Crippen LogP contribution in [-0.2, 0) is 0 Å². The number of benzene rings is 2. The number of nitrogens with zero attached hydrogens (tertiary/aromatic N) is 2. The third-order valence-electron chi connectivity index (χ3n) is 4.89. The molecule has 0 aliphatic carbocycles. The first-order valence-corrected chi connectivity index (χ1v) is 9.88. The summed E-state index contributed by atoms with van der Waals surface area (Å²) in [6.45, 7) is 4.16. The van der Waals surface area contributed by atoms with Crippen LogP contribution in [-0.4, -0.2) is 21.5 Å². The van der Waals surface area contributed by atoms with E-state index in [4.69, 9.17) is 0 Å². The van der Waals surface area contributed by atoms with E-state index in [1.165, 1.54) is 18.3 Å². The lowest BCUT2D eigenvalue weighted by Gasteiger charge is -2.15. The first kappa shape index (κ1) is 20.7. The van der Waals surface area contributed by atoms with E-state index >= 15 is 0 Å². The quantitative estimate of drug-likeness (QED) is 0.509. The second-order valence-corrected chi connectivity index (χ2v) is 7.19. The van der Waals surface area contributed by atoms with Gasteiger partial charge in [-0.05, 0) is 48.7 Å². The van der Waals surface area contributed by atoms with Gasteiger partial charge in [0.1, 0.15) is 5.69 Å². The van der Waals surface area contributed by atoms with E-state index in [-0.39, 0.29) is 11.9 Å². The highest BCUT2D eigenvalue weighted by Gasteiger charge is 2.15. The lowest BCUT2D eigenvalue weighted by Crippen LogP contribution is -2.33. The van der Waals surface area contributed by atoms with Crippen molar-refractivity contribution in [1.29, 1.82) is 0 Å². The summed E-state index contributed by atoms with van der Waals surface area (Å²) >= 11 is 0. The van der Waals surface area contributed by atoms with Crippen LogP contribution < -0.4 is 5.32 Å². The maximum atomic E-state index is 13.5. The molecule has 0 saturated carbocycles. The number of halogens is 2. The fraction of sp³-hybridized carbons (Fsp3) is 0.304. The van der Waals surface area contributed by atoms with Crippen molar-refractivity contribution in [3.8, 4) is 16.8 Å². The van der Waals surface area contributed by atoms with Crippen molar-refractivity contribution < 1.29 is 13.6 Å². The summed E-state index contributed by atoms with van der Waals surface area (Å²) < 4.78 is 28.3. The van der Waals surface area contributed by atoms with Crippen molar-refractivity contribution in [2.45, 2.75) is 45.6 Å². The Morgan fingerprint density at radius 3 is 2.48 bits per heavy atom. The summed E-state index contributed by atoms with van der Waals surface area (Å²) in [5.74, 6) is -1.92. The molecule has 6 heteroatoms. The average Bonchev–Trinajstić information content (AvgIpc) is 3.20. The standard InChI is InChI=1S/C23H25F2N3O/c1-3-4-5-6-16(2)27-23(29)22-14-26-15-28(22)19-10-7-17(8-11-19)18-9-12-20(24)21(25)13-18/h7-16H,3-6H2,1-2H3,(H,27,29)/t16-/m0/s1. The van der Waals surface area contributed by atoms with Crippen molar-refractivity contribution in [3.63, 3.8) is 0 Å². The van der Waals surface area contributed by atoms with Gasteiger partial charge < -0.3 is 5.32 Å². The van der Waals surface area contributed by atoms with Gasteiger partial charge >= 0.3 is 0 Å². The van der Waals surface area contributed by atoms with Crippen LogP contribution in [0, 0.1) is 11.6 Å². The maximum absolute atomic E-state index is 13.5. The van der Waals surface area contributed by atoms with Gasteiger partial charge in [0.05, 0.1) is 12.5 Å². The Hall–Kier alpha value is -3.02. The zero-order chi connectivity index (χ0) is 20.8. The molecule has 1 amide bonds. The molecule has 29 heavy (non-hydrogen) atoms. The van der Waals surface area contributed by atoms with E-state index in [1.807, 2.05) is 19.1 Å². The van der Waals surface area contributed by atoms with Crippen LogP contribution in [0.25, 0.3) is 16.8 Å². The van der Waals surface area contributed by atoms with Crippen LogP contribution in [0.2, 0.25) is 0 Å². The van der Waals surface area contributed by atoms with Crippen LogP contribution in [0.3, 0.4) is 0 Å².